The second kappa shape index (κ2) is 7.08. The van der Waals surface area contributed by atoms with E-state index in [2.05, 4.69) is 21.6 Å². The lowest BCUT2D eigenvalue weighted by Gasteiger charge is -2.06. The number of carbonyl (C=O) groups is 1. The maximum Gasteiger partial charge on any atom is 0.335 e. The minimum Gasteiger partial charge on any atom is -0.430 e. The van der Waals surface area contributed by atoms with Gasteiger partial charge in [0.2, 0.25) is 0 Å². The maximum atomic E-state index is 11.9. The van der Waals surface area contributed by atoms with Gasteiger partial charge >= 0.3 is 5.63 Å². The Morgan fingerprint density at radius 1 is 1.24 bits per heavy atom. The molecule has 0 aliphatic heterocycles. The van der Waals surface area contributed by atoms with E-state index in [0.29, 0.717) is 12.1 Å². The van der Waals surface area contributed by atoms with Crippen molar-refractivity contribution in [1.29, 1.82) is 0 Å². The number of hydrogen-bond acceptors (Lipinski definition) is 4. The van der Waals surface area contributed by atoms with Crippen LogP contribution in [0.15, 0.2) is 51.9 Å². The fourth-order valence-corrected chi connectivity index (χ4v) is 1.71. The van der Waals surface area contributed by atoms with Crippen molar-refractivity contribution in [2.24, 2.45) is 5.73 Å². The van der Waals surface area contributed by atoms with Crippen molar-refractivity contribution >= 4 is 5.91 Å². The normalized spacial score (nSPS) is 9.57. The van der Waals surface area contributed by atoms with E-state index in [9.17, 15) is 9.59 Å². The van der Waals surface area contributed by atoms with E-state index in [1.807, 2.05) is 24.3 Å². The van der Waals surface area contributed by atoms with E-state index in [1.165, 1.54) is 12.1 Å². The Morgan fingerprint density at radius 2 is 2.05 bits per heavy atom. The molecular formula is C16H14N2O3. The first-order valence-corrected chi connectivity index (χ1v) is 6.34. The number of rotatable bonds is 3. The van der Waals surface area contributed by atoms with Crippen LogP contribution in [-0.2, 0) is 6.54 Å². The van der Waals surface area contributed by atoms with Gasteiger partial charge in [0.15, 0.2) is 0 Å². The van der Waals surface area contributed by atoms with Crippen molar-refractivity contribution in [3.05, 3.63) is 69.8 Å². The highest BCUT2D eigenvalue weighted by Crippen LogP contribution is 2.07. The molecule has 1 aromatic carbocycles. The smallest absolute Gasteiger partial charge is 0.335 e. The van der Waals surface area contributed by atoms with Gasteiger partial charge in [-0.3, -0.25) is 4.79 Å². The van der Waals surface area contributed by atoms with E-state index in [1.54, 1.807) is 0 Å². The zero-order valence-corrected chi connectivity index (χ0v) is 11.3. The number of nitrogens with one attached hydrogen (secondary N) is 1. The quantitative estimate of drug-likeness (QED) is 0.818. The largest absolute Gasteiger partial charge is 0.430 e. The van der Waals surface area contributed by atoms with Crippen LogP contribution < -0.4 is 16.7 Å². The fraction of sp³-hybridized carbons (Fsp3) is 0.125. The van der Waals surface area contributed by atoms with E-state index < -0.39 is 5.63 Å². The molecule has 0 fully saturated rings. The van der Waals surface area contributed by atoms with Crippen molar-refractivity contribution < 1.29 is 9.21 Å². The first-order valence-electron chi connectivity index (χ1n) is 6.34. The van der Waals surface area contributed by atoms with Crippen LogP contribution in [0, 0.1) is 11.8 Å². The Bertz CT molecular complexity index is 733. The van der Waals surface area contributed by atoms with Crippen LogP contribution in [0.25, 0.3) is 0 Å². The van der Waals surface area contributed by atoms with Gasteiger partial charge in [0.25, 0.3) is 5.91 Å². The molecule has 106 valence electrons. The van der Waals surface area contributed by atoms with Gasteiger partial charge in [0.05, 0.1) is 12.1 Å². The Hall–Kier alpha value is -2.84. The minimum absolute atomic E-state index is 0.281. The SMILES string of the molecule is NCC#Cc1ccccc1CNC(=O)c1ccc(=O)oc1. The molecule has 0 atom stereocenters. The van der Waals surface area contributed by atoms with Gasteiger partial charge in [-0.25, -0.2) is 4.79 Å². The van der Waals surface area contributed by atoms with Crippen LogP contribution in [0.5, 0.6) is 0 Å². The van der Waals surface area contributed by atoms with Crippen molar-refractivity contribution in [3.63, 3.8) is 0 Å². The molecule has 5 nitrogen and oxygen atoms in total. The molecule has 0 spiro atoms. The van der Waals surface area contributed by atoms with E-state index in [0.717, 1.165) is 17.4 Å². The second-order valence-corrected chi connectivity index (χ2v) is 4.19. The van der Waals surface area contributed by atoms with Gasteiger partial charge in [-0.15, -0.1) is 0 Å². The number of amides is 1. The van der Waals surface area contributed by atoms with Crippen molar-refractivity contribution in [2.75, 3.05) is 6.54 Å². The zero-order chi connectivity index (χ0) is 15.1. The topological polar surface area (TPSA) is 85.3 Å². The summed E-state index contributed by atoms with van der Waals surface area (Å²) in [6.07, 6.45) is 1.14. The zero-order valence-electron chi connectivity index (χ0n) is 11.3. The highest BCUT2D eigenvalue weighted by Gasteiger charge is 2.07. The van der Waals surface area contributed by atoms with E-state index >= 15 is 0 Å². The summed E-state index contributed by atoms with van der Waals surface area (Å²) in [5.41, 5.74) is 6.87. The van der Waals surface area contributed by atoms with Gasteiger partial charge in [0, 0.05) is 18.2 Å². The van der Waals surface area contributed by atoms with Crippen LogP contribution in [-0.4, -0.2) is 12.5 Å². The first kappa shape index (κ1) is 14.6. The summed E-state index contributed by atoms with van der Waals surface area (Å²) >= 11 is 0. The van der Waals surface area contributed by atoms with Gasteiger partial charge in [0.1, 0.15) is 6.26 Å². The first-order chi connectivity index (χ1) is 10.2. The lowest BCUT2D eigenvalue weighted by molar-refractivity contribution is 0.0948. The predicted octanol–water partition coefficient (Wildman–Crippen LogP) is 0.880. The molecule has 0 radical (unpaired) electrons. The van der Waals surface area contributed by atoms with E-state index in [-0.39, 0.29) is 12.5 Å². The van der Waals surface area contributed by atoms with Crippen molar-refractivity contribution in [3.8, 4) is 11.8 Å². The molecular weight excluding hydrogens is 268 g/mol. The van der Waals surface area contributed by atoms with E-state index in [4.69, 9.17) is 5.73 Å². The molecule has 5 heteroatoms. The number of nitrogens with two attached hydrogens (primary N) is 1. The minimum atomic E-state index is -0.492. The van der Waals surface area contributed by atoms with Crippen LogP contribution in [0.2, 0.25) is 0 Å². The number of benzene rings is 1. The van der Waals surface area contributed by atoms with Crippen LogP contribution >= 0.6 is 0 Å². The van der Waals surface area contributed by atoms with Crippen LogP contribution in [0.1, 0.15) is 21.5 Å². The summed E-state index contributed by atoms with van der Waals surface area (Å²) < 4.78 is 4.66. The maximum absolute atomic E-state index is 11.9. The molecule has 1 aromatic heterocycles. The molecule has 2 aromatic rings. The molecule has 0 saturated carbocycles. The number of carbonyl (C=O) groups excluding carboxylic acids is 1. The van der Waals surface area contributed by atoms with Gasteiger partial charge in [-0.05, 0) is 17.7 Å². The summed E-state index contributed by atoms with van der Waals surface area (Å²) in [4.78, 5) is 22.8. The molecule has 3 N–H and O–H groups in total. The van der Waals surface area contributed by atoms with Gasteiger partial charge in [-0.1, -0.05) is 30.0 Å². The highest BCUT2D eigenvalue weighted by atomic mass is 16.4. The van der Waals surface area contributed by atoms with Crippen LogP contribution in [0.3, 0.4) is 0 Å². The summed E-state index contributed by atoms with van der Waals surface area (Å²) in [6.45, 7) is 0.608. The molecule has 0 saturated heterocycles. The summed E-state index contributed by atoms with van der Waals surface area (Å²) in [5, 5.41) is 2.75. The molecule has 1 heterocycles. The fourth-order valence-electron chi connectivity index (χ4n) is 1.71. The standard InChI is InChI=1S/C16H14N2O3/c17-9-3-6-12-4-1-2-5-13(12)10-18-16(20)14-7-8-15(19)21-11-14/h1-2,4-5,7-8,11H,9-10,17H2,(H,18,20). The van der Waals surface area contributed by atoms with Gasteiger partial charge < -0.3 is 15.5 Å². The van der Waals surface area contributed by atoms with Gasteiger partial charge in [-0.2, -0.15) is 0 Å². The third kappa shape index (κ3) is 4.06. The Kier molecular flexibility index (Phi) is 4.91. The van der Waals surface area contributed by atoms with Crippen LogP contribution in [0.4, 0.5) is 0 Å². The Balaban J connectivity index is 2.08. The number of hydrogen-bond donors (Lipinski definition) is 2. The molecule has 0 aliphatic rings. The Labute approximate surface area is 121 Å². The molecule has 1 amide bonds. The second-order valence-electron chi connectivity index (χ2n) is 4.19. The molecule has 21 heavy (non-hydrogen) atoms. The molecule has 0 bridgehead atoms. The monoisotopic (exact) mass is 282 g/mol. The Morgan fingerprint density at radius 3 is 2.76 bits per heavy atom. The average molecular weight is 282 g/mol. The molecule has 0 unspecified atom stereocenters. The highest BCUT2D eigenvalue weighted by molar-refractivity contribution is 5.93. The summed E-state index contributed by atoms with van der Waals surface area (Å²) in [7, 11) is 0. The molecule has 0 aliphatic carbocycles. The predicted molar refractivity (Wildman–Crippen MR) is 78.5 cm³/mol. The summed E-state index contributed by atoms with van der Waals surface area (Å²) in [5.74, 6) is 5.42. The van der Waals surface area contributed by atoms with Crippen molar-refractivity contribution in [1.82, 2.24) is 5.32 Å². The average Bonchev–Trinajstić information content (AvgIpc) is 2.52. The lowest BCUT2D eigenvalue weighted by Crippen LogP contribution is -2.23. The third-order valence-corrected chi connectivity index (χ3v) is 2.75. The molecule has 2 rings (SSSR count). The third-order valence-electron chi connectivity index (χ3n) is 2.75. The van der Waals surface area contributed by atoms with Crippen molar-refractivity contribution in [2.45, 2.75) is 6.54 Å². The summed E-state index contributed by atoms with van der Waals surface area (Å²) in [6, 6.07) is 10.1. The lowest BCUT2D eigenvalue weighted by atomic mass is 10.1.